The zero-order valence-electron chi connectivity index (χ0n) is 16.2. The van der Waals surface area contributed by atoms with E-state index in [2.05, 4.69) is 10.6 Å². The Kier molecular flexibility index (Phi) is 6.09. The molecule has 1 unspecified atom stereocenters. The van der Waals surface area contributed by atoms with Crippen molar-refractivity contribution in [2.24, 2.45) is 5.92 Å². The van der Waals surface area contributed by atoms with E-state index < -0.39 is 5.92 Å². The van der Waals surface area contributed by atoms with Gasteiger partial charge in [-0.3, -0.25) is 14.4 Å². The molecule has 1 fully saturated rings. The lowest BCUT2D eigenvalue weighted by atomic mass is 10.1. The van der Waals surface area contributed by atoms with Crippen LogP contribution in [0, 0.1) is 12.8 Å². The van der Waals surface area contributed by atoms with E-state index in [1.807, 2.05) is 38.1 Å². The molecule has 0 radical (unpaired) electrons. The zero-order valence-corrected chi connectivity index (χ0v) is 16.2. The lowest BCUT2D eigenvalue weighted by Gasteiger charge is -2.17. The van der Waals surface area contributed by atoms with Gasteiger partial charge in [-0.25, -0.2) is 0 Å². The van der Waals surface area contributed by atoms with Gasteiger partial charge in [-0.1, -0.05) is 35.9 Å². The third kappa shape index (κ3) is 4.76. The Hall–Kier alpha value is -3.15. The van der Waals surface area contributed by atoms with Crippen molar-refractivity contribution in [1.29, 1.82) is 0 Å². The highest BCUT2D eigenvalue weighted by atomic mass is 16.2. The van der Waals surface area contributed by atoms with Gasteiger partial charge in [-0.05, 0) is 37.6 Å². The first-order valence-electron chi connectivity index (χ1n) is 9.48. The van der Waals surface area contributed by atoms with Crippen LogP contribution in [0.5, 0.6) is 0 Å². The molecule has 1 aliphatic heterocycles. The Labute approximate surface area is 164 Å². The summed E-state index contributed by atoms with van der Waals surface area (Å²) in [6.07, 6.45) is 0.202. The maximum atomic E-state index is 12.6. The number of aryl methyl sites for hydroxylation is 1. The molecule has 3 amide bonds. The van der Waals surface area contributed by atoms with Gasteiger partial charge < -0.3 is 15.5 Å². The van der Waals surface area contributed by atoms with Gasteiger partial charge in [0.1, 0.15) is 0 Å². The van der Waals surface area contributed by atoms with E-state index >= 15 is 0 Å². The fraction of sp³-hybridized carbons (Fsp3) is 0.318. The van der Waals surface area contributed by atoms with Gasteiger partial charge in [0.2, 0.25) is 11.8 Å². The molecule has 2 aromatic carbocycles. The van der Waals surface area contributed by atoms with Gasteiger partial charge in [-0.15, -0.1) is 0 Å². The molecule has 1 heterocycles. The maximum absolute atomic E-state index is 12.6. The van der Waals surface area contributed by atoms with E-state index in [1.54, 1.807) is 29.2 Å². The maximum Gasteiger partial charge on any atom is 0.251 e. The quantitative estimate of drug-likeness (QED) is 0.810. The molecule has 0 spiro atoms. The van der Waals surface area contributed by atoms with Crippen LogP contribution in [-0.4, -0.2) is 35.7 Å². The fourth-order valence-electron chi connectivity index (χ4n) is 3.26. The van der Waals surface area contributed by atoms with Crippen molar-refractivity contribution in [3.8, 4) is 0 Å². The molecule has 2 N–H and O–H groups in total. The predicted octanol–water partition coefficient (Wildman–Crippen LogP) is 2.73. The fourth-order valence-corrected chi connectivity index (χ4v) is 3.26. The molecule has 1 saturated heterocycles. The minimum atomic E-state index is -0.397. The first kappa shape index (κ1) is 19.6. The average Bonchev–Trinajstić information content (AvgIpc) is 3.05. The van der Waals surface area contributed by atoms with Crippen molar-refractivity contribution in [3.63, 3.8) is 0 Å². The number of carbonyl (C=O) groups excluding carboxylic acids is 3. The highest BCUT2D eigenvalue weighted by molar-refractivity contribution is 5.99. The number of anilines is 1. The Bertz CT molecular complexity index is 877. The van der Waals surface area contributed by atoms with Crippen molar-refractivity contribution in [3.05, 3.63) is 65.2 Å². The molecule has 28 heavy (non-hydrogen) atoms. The third-order valence-electron chi connectivity index (χ3n) is 4.81. The van der Waals surface area contributed by atoms with Crippen molar-refractivity contribution in [2.75, 3.05) is 18.4 Å². The number of hydrogen-bond acceptors (Lipinski definition) is 3. The molecule has 3 rings (SSSR count). The second-order valence-corrected chi connectivity index (χ2v) is 7.09. The summed E-state index contributed by atoms with van der Waals surface area (Å²) in [5, 5.41) is 5.57. The number of benzene rings is 2. The largest absolute Gasteiger partial charge is 0.352 e. The molecule has 146 valence electrons. The topological polar surface area (TPSA) is 78.5 Å². The van der Waals surface area contributed by atoms with Crippen molar-refractivity contribution >= 4 is 23.4 Å². The lowest BCUT2D eigenvalue weighted by Crippen LogP contribution is -2.28. The highest BCUT2D eigenvalue weighted by Crippen LogP contribution is 2.22. The third-order valence-corrected chi connectivity index (χ3v) is 4.81. The second kappa shape index (κ2) is 8.69. The monoisotopic (exact) mass is 379 g/mol. The molecular formula is C22H25N3O3. The molecule has 0 bridgehead atoms. The predicted molar refractivity (Wildman–Crippen MR) is 108 cm³/mol. The van der Waals surface area contributed by atoms with Crippen molar-refractivity contribution < 1.29 is 14.4 Å². The van der Waals surface area contributed by atoms with Gasteiger partial charge >= 0.3 is 0 Å². The first-order valence-corrected chi connectivity index (χ1v) is 9.48. The molecule has 6 heteroatoms. The molecule has 2 aromatic rings. The number of carbonyl (C=O) groups is 3. The Morgan fingerprint density at radius 3 is 2.61 bits per heavy atom. The summed E-state index contributed by atoms with van der Waals surface area (Å²) in [6.45, 7) is 5.32. The molecule has 6 nitrogen and oxygen atoms in total. The van der Waals surface area contributed by atoms with Crippen LogP contribution >= 0.6 is 0 Å². The normalized spacial score (nSPS) is 16.1. The molecule has 0 aromatic heterocycles. The molecule has 1 atom stereocenters. The van der Waals surface area contributed by atoms with E-state index in [-0.39, 0.29) is 24.1 Å². The lowest BCUT2D eigenvalue weighted by molar-refractivity contribution is -0.128. The molecule has 0 aliphatic carbocycles. The van der Waals surface area contributed by atoms with Crippen LogP contribution in [0.15, 0.2) is 48.5 Å². The Balaban J connectivity index is 1.61. The van der Waals surface area contributed by atoms with E-state index in [9.17, 15) is 14.4 Å². The zero-order chi connectivity index (χ0) is 20.1. The van der Waals surface area contributed by atoms with Crippen molar-refractivity contribution in [1.82, 2.24) is 10.2 Å². The first-order chi connectivity index (χ1) is 13.5. The number of likely N-dealkylation sites (tertiary alicyclic amines) is 1. The summed E-state index contributed by atoms with van der Waals surface area (Å²) in [6, 6.07) is 14.8. The van der Waals surface area contributed by atoms with E-state index in [4.69, 9.17) is 0 Å². The van der Waals surface area contributed by atoms with Crippen LogP contribution in [0.3, 0.4) is 0 Å². The van der Waals surface area contributed by atoms with E-state index in [1.165, 1.54) is 5.56 Å². The SMILES string of the molecule is CCNC(=O)c1cccc(NC(=O)C2CC(=O)N(Cc3ccc(C)cc3)C2)c1. The Morgan fingerprint density at radius 1 is 1.14 bits per heavy atom. The van der Waals surface area contributed by atoms with Gasteiger partial charge in [0.25, 0.3) is 5.91 Å². The minimum Gasteiger partial charge on any atom is -0.352 e. The summed E-state index contributed by atoms with van der Waals surface area (Å²) in [4.78, 5) is 38.6. The minimum absolute atomic E-state index is 0.0169. The summed E-state index contributed by atoms with van der Waals surface area (Å²) >= 11 is 0. The van der Waals surface area contributed by atoms with E-state index in [0.29, 0.717) is 30.9 Å². The Morgan fingerprint density at radius 2 is 1.89 bits per heavy atom. The number of nitrogens with zero attached hydrogens (tertiary/aromatic N) is 1. The van der Waals surface area contributed by atoms with E-state index in [0.717, 1.165) is 5.56 Å². The average molecular weight is 379 g/mol. The van der Waals surface area contributed by atoms with Crippen LogP contribution in [0.1, 0.15) is 34.8 Å². The summed E-state index contributed by atoms with van der Waals surface area (Å²) in [5.74, 6) is -0.797. The van der Waals surface area contributed by atoms with Crippen molar-refractivity contribution in [2.45, 2.75) is 26.8 Å². The number of rotatable bonds is 6. The van der Waals surface area contributed by atoms with Gasteiger partial charge in [0, 0.05) is 37.3 Å². The summed E-state index contributed by atoms with van der Waals surface area (Å²) in [7, 11) is 0. The number of nitrogens with one attached hydrogen (secondary N) is 2. The van der Waals surface area contributed by atoms with Gasteiger partial charge in [0.15, 0.2) is 0 Å². The molecule has 1 aliphatic rings. The summed E-state index contributed by atoms with van der Waals surface area (Å²) in [5.41, 5.74) is 3.26. The smallest absolute Gasteiger partial charge is 0.251 e. The molecule has 0 saturated carbocycles. The second-order valence-electron chi connectivity index (χ2n) is 7.09. The highest BCUT2D eigenvalue weighted by Gasteiger charge is 2.34. The van der Waals surface area contributed by atoms with Crippen LogP contribution in [0.4, 0.5) is 5.69 Å². The van der Waals surface area contributed by atoms with Gasteiger partial charge in [0.05, 0.1) is 5.92 Å². The summed E-state index contributed by atoms with van der Waals surface area (Å²) < 4.78 is 0. The number of amides is 3. The van der Waals surface area contributed by atoms with Crippen LogP contribution in [0.25, 0.3) is 0 Å². The van der Waals surface area contributed by atoms with Crippen LogP contribution in [0.2, 0.25) is 0 Å². The van der Waals surface area contributed by atoms with Crippen LogP contribution in [-0.2, 0) is 16.1 Å². The standard InChI is InChI=1S/C22H25N3O3/c1-3-23-21(27)17-5-4-6-19(11-17)24-22(28)18-12-20(26)25(14-18)13-16-9-7-15(2)8-10-16/h4-11,18H,3,12-14H2,1-2H3,(H,23,27)(H,24,28). The number of hydrogen-bond donors (Lipinski definition) is 2. The van der Waals surface area contributed by atoms with Gasteiger partial charge in [-0.2, -0.15) is 0 Å². The molecular weight excluding hydrogens is 354 g/mol. The van der Waals surface area contributed by atoms with Crippen LogP contribution < -0.4 is 10.6 Å².